The lowest BCUT2D eigenvalue weighted by Gasteiger charge is -2.16. The Morgan fingerprint density at radius 2 is 1.81 bits per heavy atom. The highest BCUT2D eigenvalue weighted by atomic mass is 19.4. The van der Waals surface area contributed by atoms with Crippen molar-refractivity contribution in [2.45, 2.75) is 25.1 Å². The van der Waals surface area contributed by atoms with Crippen LogP contribution in [0.1, 0.15) is 24.4 Å². The minimum absolute atomic E-state index is 0.0260. The summed E-state index contributed by atoms with van der Waals surface area (Å²) in [5.74, 6) is 0.275. The molecule has 0 aromatic heterocycles. The number of nitrogens with zero attached hydrogens (tertiary/aromatic N) is 1. The highest BCUT2D eigenvalue weighted by Crippen LogP contribution is 2.38. The van der Waals surface area contributed by atoms with Crippen molar-refractivity contribution in [3.05, 3.63) is 27.8 Å². The molecule has 0 amide bonds. The molecule has 0 heterocycles. The van der Waals surface area contributed by atoms with Crippen molar-refractivity contribution in [2.75, 3.05) is 14.2 Å². The quantitative estimate of drug-likeness (QED) is 0.645. The highest BCUT2D eigenvalue weighted by Gasteiger charge is 2.30. The van der Waals surface area contributed by atoms with Gasteiger partial charge in [-0.05, 0) is 12.5 Å². The van der Waals surface area contributed by atoms with Crippen LogP contribution in [0.2, 0.25) is 0 Å². The molecule has 1 aromatic carbocycles. The molecule has 0 bridgehead atoms. The van der Waals surface area contributed by atoms with Crippen molar-refractivity contribution in [3.8, 4) is 11.5 Å². The Morgan fingerprint density at radius 1 is 1.29 bits per heavy atom. The molecule has 0 aliphatic carbocycles. The van der Waals surface area contributed by atoms with Crippen molar-refractivity contribution in [1.29, 1.82) is 0 Å². The van der Waals surface area contributed by atoms with Crippen LogP contribution >= 0.6 is 0 Å². The van der Waals surface area contributed by atoms with Gasteiger partial charge in [-0.3, -0.25) is 10.1 Å². The molecule has 9 heteroatoms. The summed E-state index contributed by atoms with van der Waals surface area (Å²) in [5, 5.41) is 11.0. The van der Waals surface area contributed by atoms with Gasteiger partial charge in [0.25, 0.3) is 5.69 Å². The van der Waals surface area contributed by atoms with Crippen molar-refractivity contribution in [2.24, 2.45) is 5.73 Å². The zero-order valence-electron chi connectivity index (χ0n) is 11.4. The molecule has 21 heavy (non-hydrogen) atoms. The smallest absolute Gasteiger partial charge is 0.389 e. The average Bonchev–Trinajstić information content (AvgIpc) is 2.42. The lowest BCUT2D eigenvalue weighted by molar-refractivity contribution is -0.385. The van der Waals surface area contributed by atoms with Crippen molar-refractivity contribution >= 4 is 5.69 Å². The zero-order chi connectivity index (χ0) is 16.2. The van der Waals surface area contributed by atoms with Crippen LogP contribution in [-0.2, 0) is 0 Å². The van der Waals surface area contributed by atoms with Crippen LogP contribution in [0, 0.1) is 10.1 Å². The normalized spacial score (nSPS) is 12.9. The maximum atomic E-state index is 12.2. The Balaban J connectivity index is 3.16. The van der Waals surface area contributed by atoms with Gasteiger partial charge in [-0.2, -0.15) is 13.2 Å². The molecular weight excluding hydrogens is 293 g/mol. The molecule has 2 N–H and O–H groups in total. The van der Waals surface area contributed by atoms with E-state index in [1.54, 1.807) is 0 Å². The monoisotopic (exact) mass is 308 g/mol. The van der Waals surface area contributed by atoms with Crippen molar-refractivity contribution in [3.63, 3.8) is 0 Å². The van der Waals surface area contributed by atoms with E-state index in [2.05, 4.69) is 0 Å². The number of nitro groups is 1. The number of halogens is 3. The molecule has 0 saturated heterocycles. The van der Waals surface area contributed by atoms with Gasteiger partial charge >= 0.3 is 6.18 Å². The fourth-order valence-corrected chi connectivity index (χ4v) is 1.81. The summed E-state index contributed by atoms with van der Waals surface area (Å²) in [5.41, 5.74) is 5.23. The van der Waals surface area contributed by atoms with E-state index in [1.165, 1.54) is 20.3 Å². The van der Waals surface area contributed by atoms with Gasteiger partial charge in [-0.15, -0.1) is 0 Å². The molecule has 1 atom stereocenters. The van der Waals surface area contributed by atoms with Crippen LogP contribution < -0.4 is 15.2 Å². The van der Waals surface area contributed by atoms with Gasteiger partial charge in [0.2, 0.25) is 0 Å². The molecule has 0 aliphatic rings. The number of hydrogen-bond acceptors (Lipinski definition) is 5. The summed E-state index contributed by atoms with van der Waals surface area (Å²) >= 11 is 0. The highest BCUT2D eigenvalue weighted by molar-refractivity contribution is 5.55. The second-order valence-electron chi connectivity index (χ2n) is 4.28. The maximum Gasteiger partial charge on any atom is 0.389 e. The zero-order valence-corrected chi connectivity index (χ0v) is 11.4. The predicted octanol–water partition coefficient (Wildman–Crippen LogP) is 2.95. The van der Waals surface area contributed by atoms with Gasteiger partial charge in [0, 0.05) is 12.5 Å². The number of rotatable bonds is 6. The molecule has 118 valence electrons. The third-order valence-electron chi connectivity index (χ3n) is 2.87. The Kier molecular flexibility index (Phi) is 5.36. The number of methoxy groups -OCH3 is 2. The molecule has 0 spiro atoms. The van der Waals surface area contributed by atoms with E-state index >= 15 is 0 Å². The topological polar surface area (TPSA) is 87.6 Å². The summed E-state index contributed by atoms with van der Waals surface area (Å²) in [6.07, 6.45) is -5.96. The average molecular weight is 308 g/mol. The second-order valence-corrected chi connectivity index (χ2v) is 4.28. The Bertz CT molecular complexity index is 520. The van der Waals surface area contributed by atoms with Gasteiger partial charge < -0.3 is 15.2 Å². The minimum Gasteiger partial charge on any atom is -0.493 e. The van der Waals surface area contributed by atoms with Gasteiger partial charge in [0.15, 0.2) is 11.5 Å². The van der Waals surface area contributed by atoms with E-state index < -0.39 is 35.7 Å². The standard InChI is InChI=1S/C12H15F3N2O4/c1-20-10-5-7(8(16)3-4-12(13,14)15)9(17(18)19)6-11(10)21-2/h5-6,8H,3-4,16H2,1-2H3/t8-/m0/s1. The van der Waals surface area contributed by atoms with E-state index in [-0.39, 0.29) is 17.1 Å². The number of hydrogen-bond donors (Lipinski definition) is 1. The van der Waals surface area contributed by atoms with Crippen LogP contribution in [0.25, 0.3) is 0 Å². The third-order valence-corrected chi connectivity index (χ3v) is 2.87. The maximum absolute atomic E-state index is 12.2. The van der Waals surface area contributed by atoms with E-state index in [1.807, 2.05) is 0 Å². The third kappa shape index (κ3) is 4.48. The predicted molar refractivity (Wildman–Crippen MR) is 68.4 cm³/mol. The lowest BCUT2D eigenvalue weighted by atomic mass is 10.00. The summed E-state index contributed by atoms with van der Waals surface area (Å²) in [4.78, 5) is 10.3. The summed E-state index contributed by atoms with van der Waals surface area (Å²) in [6, 6.07) is 1.19. The van der Waals surface area contributed by atoms with Crippen LogP contribution in [0.5, 0.6) is 11.5 Å². The molecule has 0 aliphatic heterocycles. The van der Waals surface area contributed by atoms with E-state index in [0.29, 0.717) is 0 Å². The van der Waals surface area contributed by atoms with Gasteiger partial charge in [-0.25, -0.2) is 0 Å². The number of nitrogens with two attached hydrogens (primary N) is 1. The van der Waals surface area contributed by atoms with Crippen LogP contribution in [0.3, 0.4) is 0 Å². The largest absolute Gasteiger partial charge is 0.493 e. The summed E-state index contributed by atoms with van der Waals surface area (Å²) < 4.78 is 46.6. The molecule has 6 nitrogen and oxygen atoms in total. The minimum atomic E-state index is -4.37. The van der Waals surface area contributed by atoms with Crippen LogP contribution in [-0.4, -0.2) is 25.3 Å². The molecule has 0 fully saturated rings. The molecule has 1 aromatic rings. The van der Waals surface area contributed by atoms with Crippen molar-refractivity contribution in [1.82, 2.24) is 0 Å². The molecular formula is C12H15F3N2O4. The fraction of sp³-hybridized carbons (Fsp3) is 0.500. The second kappa shape index (κ2) is 6.61. The molecule has 0 radical (unpaired) electrons. The molecule has 0 saturated carbocycles. The molecule has 1 rings (SSSR count). The van der Waals surface area contributed by atoms with Gasteiger partial charge in [-0.1, -0.05) is 0 Å². The van der Waals surface area contributed by atoms with Gasteiger partial charge in [0.05, 0.1) is 30.8 Å². The van der Waals surface area contributed by atoms with Crippen LogP contribution in [0.4, 0.5) is 18.9 Å². The van der Waals surface area contributed by atoms with E-state index in [9.17, 15) is 23.3 Å². The SMILES string of the molecule is COc1cc([C@@H](N)CCC(F)(F)F)c([N+](=O)[O-])cc1OC. The van der Waals surface area contributed by atoms with E-state index in [0.717, 1.165) is 6.07 Å². The first kappa shape index (κ1) is 17.0. The molecule has 0 unspecified atom stereocenters. The number of benzene rings is 1. The fourth-order valence-electron chi connectivity index (χ4n) is 1.81. The lowest BCUT2D eigenvalue weighted by Crippen LogP contribution is -2.17. The number of alkyl halides is 3. The summed E-state index contributed by atoms with van der Waals surface area (Å²) in [7, 11) is 2.61. The Morgan fingerprint density at radius 3 is 2.24 bits per heavy atom. The first-order valence-corrected chi connectivity index (χ1v) is 5.92. The van der Waals surface area contributed by atoms with Crippen LogP contribution in [0.15, 0.2) is 12.1 Å². The Labute approximate surface area is 118 Å². The summed E-state index contributed by atoms with van der Waals surface area (Å²) in [6.45, 7) is 0. The van der Waals surface area contributed by atoms with Crippen molar-refractivity contribution < 1.29 is 27.6 Å². The Hall–Kier alpha value is -2.03. The number of nitro benzene ring substituents is 1. The first-order chi connectivity index (χ1) is 9.69. The first-order valence-electron chi connectivity index (χ1n) is 5.92. The van der Waals surface area contributed by atoms with E-state index in [4.69, 9.17) is 15.2 Å². The van der Waals surface area contributed by atoms with Gasteiger partial charge in [0.1, 0.15) is 0 Å². The number of ether oxygens (including phenoxy) is 2.